The summed E-state index contributed by atoms with van der Waals surface area (Å²) < 4.78 is 144. The number of rotatable bonds is 11. The smallest absolute Gasteiger partial charge is 0.367 e. The van der Waals surface area contributed by atoms with E-state index in [4.69, 9.17) is 11.5 Å². The highest BCUT2D eigenvalue weighted by Gasteiger charge is 2.75. The van der Waals surface area contributed by atoms with E-state index in [-0.39, 0.29) is 28.5 Å². The van der Waals surface area contributed by atoms with Crippen molar-refractivity contribution in [2.75, 3.05) is 13.1 Å². The quantitative estimate of drug-likeness (QED) is 0.126. The van der Waals surface area contributed by atoms with Gasteiger partial charge in [-0.05, 0) is 113 Å². The number of amides is 4. The standard InChI is InChI=1S/C49H35F10N5O4/c50-35-14-5-28(6-15-35)44(29-7-16-36(51)17-8-29)23-25-63(42(44)67)46(40(60)65,32-1-3-33(4-2-32)48(54,55)56)47(41(61)66,39-22-13-34(27-62-39)49(57,58)59)64-26-24-45(43(64)68,30-9-18-37(52)19-10-30)31-11-20-38(53)21-12-31/h1-22,27H,23-26H2,(H2,60,65)(H2,61,66). The van der Waals surface area contributed by atoms with Gasteiger partial charge < -0.3 is 21.3 Å². The van der Waals surface area contributed by atoms with E-state index in [1.165, 1.54) is 48.5 Å². The summed E-state index contributed by atoms with van der Waals surface area (Å²) in [4.78, 5) is 67.9. The third kappa shape index (κ3) is 7.04. The van der Waals surface area contributed by atoms with Crippen LogP contribution in [-0.2, 0) is 53.4 Å². The molecule has 0 bridgehead atoms. The van der Waals surface area contributed by atoms with E-state index >= 15 is 19.2 Å². The molecule has 5 aromatic carbocycles. The Morgan fingerprint density at radius 3 is 1.06 bits per heavy atom. The van der Waals surface area contributed by atoms with Crippen molar-refractivity contribution >= 4 is 23.6 Å². The number of hydrogen-bond acceptors (Lipinski definition) is 5. The van der Waals surface area contributed by atoms with Crippen molar-refractivity contribution in [2.24, 2.45) is 11.5 Å². The van der Waals surface area contributed by atoms with Crippen LogP contribution in [0.25, 0.3) is 0 Å². The molecule has 2 aliphatic rings. The van der Waals surface area contributed by atoms with Gasteiger partial charge in [0.05, 0.1) is 16.8 Å². The largest absolute Gasteiger partial charge is 0.417 e. The average Bonchev–Trinajstić information content (AvgIpc) is 3.83. The first-order valence-electron chi connectivity index (χ1n) is 20.6. The zero-order valence-corrected chi connectivity index (χ0v) is 35.0. The summed E-state index contributed by atoms with van der Waals surface area (Å²) in [5.41, 5.74) is -2.36. The molecule has 0 saturated carbocycles. The molecule has 3 heterocycles. The van der Waals surface area contributed by atoms with Gasteiger partial charge in [-0.25, -0.2) is 17.6 Å². The van der Waals surface area contributed by atoms with Crippen LogP contribution >= 0.6 is 0 Å². The van der Waals surface area contributed by atoms with E-state index < -0.39 is 129 Å². The Bertz CT molecular complexity index is 2620. The highest BCUT2D eigenvalue weighted by Crippen LogP contribution is 2.58. The van der Waals surface area contributed by atoms with Crippen molar-refractivity contribution < 1.29 is 63.1 Å². The lowest BCUT2D eigenvalue weighted by Gasteiger charge is -2.55. The summed E-state index contributed by atoms with van der Waals surface area (Å²) in [5, 5.41) is 0. The molecule has 19 heteroatoms. The fourth-order valence-electron chi connectivity index (χ4n) is 10.1. The van der Waals surface area contributed by atoms with Gasteiger partial charge in [-0.1, -0.05) is 60.7 Å². The minimum absolute atomic E-state index is 0.0137. The van der Waals surface area contributed by atoms with Crippen LogP contribution in [0.2, 0.25) is 0 Å². The first kappa shape index (κ1) is 46.9. The number of carbonyl (C=O) groups excluding carboxylic acids is 4. The molecule has 0 spiro atoms. The Hall–Kier alpha value is -7.57. The molecule has 2 saturated heterocycles. The number of primary amides is 2. The lowest BCUT2D eigenvalue weighted by molar-refractivity contribution is -0.172. The third-order valence-corrected chi connectivity index (χ3v) is 13.1. The average molecular weight is 948 g/mol. The summed E-state index contributed by atoms with van der Waals surface area (Å²) in [7, 11) is 0. The van der Waals surface area contributed by atoms with Crippen molar-refractivity contribution in [3.05, 3.63) is 208 Å². The molecule has 68 heavy (non-hydrogen) atoms. The summed E-state index contributed by atoms with van der Waals surface area (Å²) in [6.45, 7) is -1.44. The molecular weight excluding hydrogens is 913 g/mol. The minimum Gasteiger partial charge on any atom is -0.367 e. The number of aromatic nitrogens is 1. The third-order valence-electron chi connectivity index (χ3n) is 13.1. The van der Waals surface area contributed by atoms with Gasteiger partial charge in [0.2, 0.25) is 17.4 Å². The maximum Gasteiger partial charge on any atom is 0.417 e. The number of nitrogens with two attached hydrogens (primary N) is 2. The summed E-state index contributed by atoms with van der Waals surface area (Å²) in [5.74, 6) is -8.99. The SMILES string of the molecule is NC(=O)C(c1ccc(C(F)(F)F)cc1)(N1CCC(c2ccc(F)cc2)(c2ccc(F)cc2)C1=O)C(C(N)=O)(c1ccc(C(F)(F)F)cn1)N1CCC(c2ccc(F)cc2)(c2ccc(F)cc2)C1=O. The molecule has 6 aromatic rings. The van der Waals surface area contributed by atoms with Gasteiger partial charge in [-0.3, -0.25) is 24.2 Å². The van der Waals surface area contributed by atoms with Crippen molar-refractivity contribution in [2.45, 2.75) is 47.1 Å². The van der Waals surface area contributed by atoms with E-state index in [0.717, 1.165) is 48.5 Å². The van der Waals surface area contributed by atoms with E-state index in [0.29, 0.717) is 46.2 Å². The Labute approximate surface area is 380 Å². The van der Waals surface area contributed by atoms with Gasteiger partial charge >= 0.3 is 12.4 Å². The summed E-state index contributed by atoms with van der Waals surface area (Å²) in [6, 6.07) is 20.8. The molecule has 0 radical (unpaired) electrons. The number of nitrogens with zero attached hydrogens (tertiary/aromatic N) is 3. The van der Waals surface area contributed by atoms with Gasteiger partial charge in [-0.15, -0.1) is 0 Å². The number of pyridine rings is 1. The number of halogens is 10. The van der Waals surface area contributed by atoms with Gasteiger partial charge in [0.1, 0.15) is 34.1 Å². The monoisotopic (exact) mass is 947 g/mol. The molecular formula is C49H35F10N5O4. The Balaban J connectivity index is 1.51. The van der Waals surface area contributed by atoms with Crippen LogP contribution in [0.1, 0.15) is 57.5 Å². The molecule has 1 aromatic heterocycles. The molecule has 2 fully saturated rings. The van der Waals surface area contributed by atoms with Crippen molar-refractivity contribution in [1.29, 1.82) is 0 Å². The lowest BCUT2D eigenvalue weighted by Crippen LogP contribution is -2.77. The zero-order valence-electron chi connectivity index (χ0n) is 35.0. The Morgan fingerprint density at radius 1 is 0.456 bits per heavy atom. The molecule has 4 N–H and O–H groups in total. The predicted octanol–water partition coefficient (Wildman–Crippen LogP) is 8.17. The van der Waals surface area contributed by atoms with Gasteiger partial charge in [0, 0.05) is 19.3 Å². The van der Waals surface area contributed by atoms with Crippen LogP contribution in [0.5, 0.6) is 0 Å². The molecule has 0 aliphatic carbocycles. The van der Waals surface area contributed by atoms with E-state index in [2.05, 4.69) is 4.98 Å². The first-order valence-corrected chi connectivity index (χ1v) is 20.6. The fourth-order valence-corrected chi connectivity index (χ4v) is 10.1. The first-order chi connectivity index (χ1) is 32.1. The number of benzene rings is 5. The fraction of sp³-hybridized carbons (Fsp3) is 0.204. The molecule has 2 aliphatic heterocycles. The maximum atomic E-state index is 16.0. The highest BCUT2D eigenvalue weighted by atomic mass is 19.4. The van der Waals surface area contributed by atoms with Crippen LogP contribution in [0.3, 0.4) is 0 Å². The van der Waals surface area contributed by atoms with Crippen molar-refractivity contribution in [1.82, 2.24) is 14.8 Å². The predicted molar refractivity (Wildman–Crippen MR) is 222 cm³/mol. The van der Waals surface area contributed by atoms with Gasteiger partial charge in [-0.2, -0.15) is 26.3 Å². The summed E-state index contributed by atoms with van der Waals surface area (Å²) >= 11 is 0. The molecule has 2 unspecified atom stereocenters. The number of carbonyl (C=O) groups is 4. The maximum absolute atomic E-state index is 16.0. The number of hydrogen-bond donors (Lipinski definition) is 2. The highest BCUT2D eigenvalue weighted by molar-refractivity contribution is 6.08. The molecule has 4 amide bonds. The number of likely N-dealkylation sites (tertiary alicyclic amines) is 2. The van der Waals surface area contributed by atoms with Gasteiger partial charge in [0.25, 0.3) is 11.8 Å². The van der Waals surface area contributed by atoms with Crippen molar-refractivity contribution in [3.63, 3.8) is 0 Å². The van der Waals surface area contributed by atoms with Crippen LogP contribution in [0.4, 0.5) is 43.9 Å². The zero-order chi connectivity index (χ0) is 49.2. The van der Waals surface area contributed by atoms with E-state index in [9.17, 15) is 43.9 Å². The van der Waals surface area contributed by atoms with Crippen LogP contribution in [0, 0.1) is 23.3 Å². The van der Waals surface area contributed by atoms with E-state index in [1.54, 1.807) is 0 Å². The second-order valence-corrected chi connectivity index (χ2v) is 16.4. The van der Waals surface area contributed by atoms with Crippen LogP contribution in [-0.4, -0.2) is 51.5 Å². The molecule has 8 rings (SSSR count). The topological polar surface area (TPSA) is 140 Å². The second-order valence-electron chi connectivity index (χ2n) is 16.4. The van der Waals surface area contributed by atoms with Crippen LogP contribution in [0.15, 0.2) is 140 Å². The van der Waals surface area contributed by atoms with Crippen LogP contribution < -0.4 is 11.5 Å². The normalized spacial score (nSPS) is 17.7. The van der Waals surface area contributed by atoms with E-state index in [1.807, 2.05) is 0 Å². The molecule has 9 nitrogen and oxygen atoms in total. The molecule has 350 valence electrons. The molecule has 2 atom stereocenters. The van der Waals surface area contributed by atoms with Gasteiger partial charge in [0.15, 0.2) is 5.54 Å². The minimum atomic E-state index is -5.09. The summed E-state index contributed by atoms with van der Waals surface area (Å²) in [6.07, 6.45) is -10.8. The second kappa shape index (κ2) is 16.6. The Morgan fingerprint density at radius 2 is 0.765 bits per heavy atom. The number of alkyl halides is 6. The lowest BCUT2D eigenvalue weighted by atomic mass is 9.65. The Kier molecular flexibility index (Phi) is 11.5. The van der Waals surface area contributed by atoms with Crippen molar-refractivity contribution in [3.8, 4) is 0 Å².